The highest BCUT2D eigenvalue weighted by Crippen LogP contribution is 2.29. The molecule has 0 saturated heterocycles. The fourth-order valence-corrected chi connectivity index (χ4v) is 2.47. The lowest BCUT2D eigenvalue weighted by molar-refractivity contribution is -0.118. The van der Waals surface area contributed by atoms with Gasteiger partial charge >= 0.3 is 0 Å². The van der Waals surface area contributed by atoms with Crippen LogP contribution in [0, 0.1) is 11.3 Å². The first-order valence-corrected chi connectivity index (χ1v) is 7.18. The van der Waals surface area contributed by atoms with Gasteiger partial charge in [0.1, 0.15) is 0 Å². The Morgan fingerprint density at radius 3 is 2.40 bits per heavy atom. The lowest BCUT2D eigenvalue weighted by Gasteiger charge is -2.15. The molecular weight excluding hydrogens is 248 g/mol. The molecule has 1 aromatic rings. The Balaban J connectivity index is 2.09. The average molecular weight is 270 g/mol. The highest BCUT2D eigenvalue weighted by atomic mass is 16.2. The number of ketones is 2. The summed E-state index contributed by atoms with van der Waals surface area (Å²) in [5.74, 6) is -0.126. The van der Waals surface area contributed by atoms with Crippen molar-refractivity contribution in [3.05, 3.63) is 47.5 Å². The molecule has 0 aromatic heterocycles. The molecule has 0 heterocycles. The second-order valence-corrected chi connectivity index (χ2v) is 6.76. The molecule has 0 amide bonds. The van der Waals surface area contributed by atoms with Crippen molar-refractivity contribution in [3.8, 4) is 0 Å². The number of carbonyl (C=O) groups excluding carboxylic acids is 2. The highest BCUT2D eigenvalue weighted by Gasteiger charge is 2.35. The minimum absolute atomic E-state index is 0.0141. The standard InChI is InChI=1S/C18H22O2/c1-18(2,3)10-9-15-16(19)12-14(17(15)20)11-13-7-5-4-6-8-13/h4-9,14H,10-12H2,1-3H3/b15-9+. The zero-order valence-electron chi connectivity index (χ0n) is 12.5. The molecule has 0 N–H and O–H groups in total. The van der Waals surface area contributed by atoms with Crippen molar-refractivity contribution in [1.29, 1.82) is 0 Å². The molecule has 2 nitrogen and oxygen atoms in total. The summed E-state index contributed by atoms with van der Waals surface area (Å²) in [5, 5.41) is 0. The van der Waals surface area contributed by atoms with Gasteiger partial charge in [-0.25, -0.2) is 0 Å². The van der Waals surface area contributed by atoms with Gasteiger partial charge < -0.3 is 0 Å². The van der Waals surface area contributed by atoms with E-state index in [1.165, 1.54) is 0 Å². The van der Waals surface area contributed by atoms with Gasteiger partial charge in [0.05, 0.1) is 5.57 Å². The van der Waals surface area contributed by atoms with E-state index in [-0.39, 0.29) is 22.9 Å². The summed E-state index contributed by atoms with van der Waals surface area (Å²) < 4.78 is 0. The van der Waals surface area contributed by atoms with E-state index in [9.17, 15) is 9.59 Å². The third-order valence-corrected chi connectivity index (χ3v) is 3.61. The molecule has 1 saturated carbocycles. The Morgan fingerprint density at radius 2 is 1.80 bits per heavy atom. The molecule has 0 bridgehead atoms. The van der Waals surface area contributed by atoms with Crippen molar-refractivity contribution in [2.45, 2.75) is 40.0 Å². The Hall–Kier alpha value is -1.70. The number of Topliss-reactive ketones (excluding diaryl/α,β-unsaturated/α-hetero) is 2. The Labute approximate surface area is 120 Å². The van der Waals surface area contributed by atoms with E-state index in [0.717, 1.165) is 12.0 Å². The third-order valence-electron chi connectivity index (χ3n) is 3.61. The van der Waals surface area contributed by atoms with Crippen LogP contribution in [0.2, 0.25) is 0 Å². The first-order valence-electron chi connectivity index (χ1n) is 7.18. The molecule has 1 atom stereocenters. The molecule has 106 valence electrons. The van der Waals surface area contributed by atoms with Gasteiger partial charge in [0, 0.05) is 12.3 Å². The minimum atomic E-state index is -0.170. The average Bonchev–Trinajstić information content (AvgIpc) is 2.63. The van der Waals surface area contributed by atoms with Gasteiger partial charge in [-0.05, 0) is 23.8 Å². The van der Waals surface area contributed by atoms with E-state index < -0.39 is 0 Å². The lowest BCUT2D eigenvalue weighted by Crippen LogP contribution is -2.11. The summed E-state index contributed by atoms with van der Waals surface area (Å²) in [6, 6.07) is 9.91. The summed E-state index contributed by atoms with van der Waals surface area (Å²) >= 11 is 0. The maximum absolute atomic E-state index is 12.3. The SMILES string of the molecule is CC(C)(C)C/C=C1\C(=O)CC(Cc2ccccc2)C1=O. The molecule has 1 aromatic carbocycles. The van der Waals surface area contributed by atoms with Crippen molar-refractivity contribution >= 4 is 11.6 Å². The first-order chi connectivity index (χ1) is 9.37. The Bertz CT molecular complexity index is 532. The number of allylic oxidation sites excluding steroid dienone is 2. The van der Waals surface area contributed by atoms with Crippen LogP contribution in [0.1, 0.15) is 39.2 Å². The van der Waals surface area contributed by atoms with Gasteiger partial charge in [-0.15, -0.1) is 0 Å². The molecule has 0 spiro atoms. The van der Waals surface area contributed by atoms with E-state index in [4.69, 9.17) is 0 Å². The largest absolute Gasteiger partial charge is 0.294 e. The maximum Gasteiger partial charge on any atom is 0.169 e. The van der Waals surface area contributed by atoms with Gasteiger partial charge in [-0.2, -0.15) is 0 Å². The van der Waals surface area contributed by atoms with Crippen molar-refractivity contribution < 1.29 is 9.59 Å². The predicted molar refractivity (Wildman–Crippen MR) is 80.4 cm³/mol. The smallest absolute Gasteiger partial charge is 0.169 e. The quantitative estimate of drug-likeness (QED) is 0.619. The molecule has 0 aliphatic heterocycles. The van der Waals surface area contributed by atoms with Gasteiger partial charge in [0.25, 0.3) is 0 Å². The van der Waals surface area contributed by atoms with Crippen molar-refractivity contribution in [3.63, 3.8) is 0 Å². The van der Waals surface area contributed by atoms with Crippen molar-refractivity contribution in [1.82, 2.24) is 0 Å². The van der Waals surface area contributed by atoms with Crippen LogP contribution in [0.25, 0.3) is 0 Å². The fraction of sp³-hybridized carbons (Fsp3) is 0.444. The van der Waals surface area contributed by atoms with Gasteiger partial charge in [-0.3, -0.25) is 9.59 Å². The van der Waals surface area contributed by atoms with E-state index >= 15 is 0 Å². The van der Waals surface area contributed by atoms with Crippen LogP contribution in [0.5, 0.6) is 0 Å². The summed E-state index contributed by atoms with van der Waals surface area (Å²) in [6.07, 6.45) is 3.63. The molecule has 2 heteroatoms. The first kappa shape index (κ1) is 14.7. The zero-order chi connectivity index (χ0) is 14.8. The second-order valence-electron chi connectivity index (χ2n) is 6.76. The number of hydrogen-bond acceptors (Lipinski definition) is 2. The number of hydrogen-bond donors (Lipinski definition) is 0. The predicted octanol–water partition coefficient (Wildman–Crippen LogP) is 3.75. The molecular formula is C18H22O2. The summed E-state index contributed by atoms with van der Waals surface area (Å²) in [5.41, 5.74) is 1.65. The van der Waals surface area contributed by atoms with E-state index in [0.29, 0.717) is 18.4 Å². The van der Waals surface area contributed by atoms with Gasteiger partial charge in [0.2, 0.25) is 0 Å². The summed E-state index contributed by atoms with van der Waals surface area (Å²) in [7, 11) is 0. The molecule has 1 unspecified atom stereocenters. The molecule has 1 aliphatic carbocycles. The summed E-state index contributed by atoms with van der Waals surface area (Å²) in [6.45, 7) is 6.32. The van der Waals surface area contributed by atoms with Crippen LogP contribution in [0.3, 0.4) is 0 Å². The third kappa shape index (κ3) is 3.66. The zero-order valence-corrected chi connectivity index (χ0v) is 12.5. The van der Waals surface area contributed by atoms with Crippen LogP contribution in [-0.4, -0.2) is 11.6 Å². The molecule has 2 rings (SSSR count). The lowest BCUT2D eigenvalue weighted by atomic mass is 9.90. The maximum atomic E-state index is 12.3. The highest BCUT2D eigenvalue weighted by molar-refractivity contribution is 6.26. The van der Waals surface area contributed by atoms with Crippen molar-refractivity contribution in [2.24, 2.45) is 11.3 Å². The summed E-state index contributed by atoms with van der Waals surface area (Å²) in [4.78, 5) is 24.4. The topological polar surface area (TPSA) is 34.1 Å². The molecule has 20 heavy (non-hydrogen) atoms. The normalized spacial score (nSPS) is 21.8. The van der Waals surface area contributed by atoms with E-state index in [2.05, 4.69) is 20.8 Å². The van der Waals surface area contributed by atoms with Crippen LogP contribution in [-0.2, 0) is 16.0 Å². The Morgan fingerprint density at radius 1 is 1.15 bits per heavy atom. The molecule has 0 radical (unpaired) electrons. The second kappa shape index (κ2) is 5.74. The van der Waals surface area contributed by atoms with Crippen LogP contribution < -0.4 is 0 Å². The van der Waals surface area contributed by atoms with Gasteiger partial charge in [0.15, 0.2) is 11.6 Å². The van der Waals surface area contributed by atoms with Crippen molar-refractivity contribution in [2.75, 3.05) is 0 Å². The fourth-order valence-electron chi connectivity index (χ4n) is 2.47. The number of carbonyl (C=O) groups is 2. The van der Waals surface area contributed by atoms with E-state index in [1.807, 2.05) is 36.4 Å². The number of rotatable bonds is 3. The van der Waals surface area contributed by atoms with Crippen LogP contribution in [0.4, 0.5) is 0 Å². The van der Waals surface area contributed by atoms with E-state index in [1.54, 1.807) is 0 Å². The monoisotopic (exact) mass is 270 g/mol. The van der Waals surface area contributed by atoms with Crippen LogP contribution >= 0.6 is 0 Å². The molecule has 1 fully saturated rings. The van der Waals surface area contributed by atoms with Gasteiger partial charge in [-0.1, -0.05) is 57.2 Å². The number of benzene rings is 1. The Kier molecular flexibility index (Phi) is 4.22. The van der Waals surface area contributed by atoms with Crippen LogP contribution in [0.15, 0.2) is 42.0 Å². The minimum Gasteiger partial charge on any atom is -0.294 e. The molecule has 1 aliphatic rings.